The first-order valence-electron chi connectivity index (χ1n) is 6.77. The van der Waals surface area contributed by atoms with E-state index >= 15 is 0 Å². The Bertz CT molecular complexity index is 315. The van der Waals surface area contributed by atoms with E-state index in [2.05, 4.69) is 6.92 Å². The Kier molecular flexibility index (Phi) is 3.60. The molecule has 2 fully saturated rings. The molecule has 18 heavy (non-hydrogen) atoms. The number of rotatable bonds is 2. The monoisotopic (exact) mass is 263 g/mol. The molecule has 0 atom stereocenters. The normalized spacial score (nSPS) is 24.8. The van der Waals surface area contributed by atoms with Gasteiger partial charge in [0.15, 0.2) is 0 Å². The van der Waals surface area contributed by atoms with Crippen LogP contribution in [0.1, 0.15) is 45.4 Å². The lowest BCUT2D eigenvalue weighted by atomic mass is 9.67. The molecular formula is C13H20F3NO. The van der Waals surface area contributed by atoms with Gasteiger partial charge in [-0.3, -0.25) is 4.79 Å². The number of alkyl halides is 3. The molecular weight excluding hydrogens is 243 g/mol. The molecule has 2 nitrogen and oxygen atoms in total. The second kappa shape index (κ2) is 4.74. The van der Waals surface area contributed by atoms with Gasteiger partial charge in [0.05, 0.1) is 0 Å². The molecule has 0 radical (unpaired) electrons. The summed E-state index contributed by atoms with van der Waals surface area (Å²) in [4.78, 5) is 13.6. The fraction of sp³-hybridized carbons (Fsp3) is 0.923. The third kappa shape index (κ3) is 2.12. The number of piperidine rings is 1. The fourth-order valence-electron chi connectivity index (χ4n) is 3.00. The van der Waals surface area contributed by atoms with Crippen LogP contribution in [-0.4, -0.2) is 30.1 Å². The molecule has 1 aliphatic heterocycles. The van der Waals surface area contributed by atoms with Gasteiger partial charge in [0.2, 0.25) is 5.91 Å². The zero-order chi connectivity index (χ0) is 13.4. The van der Waals surface area contributed by atoms with Crippen molar-refractivity contribution in [2.45, 2.75) is 51.6 Å². The summed E-state index contributed by atoms with van der Waals surface area (Å²) < 4.78 is 39.2. The minimum atomic E-state index is -4.38. The predicted molar refractivity (Wildman–Crippen MR) is 61.9 cm³/mol. The van der Waals surface area contributed by atoms with Gasteiger partial charge in [-0.1, -0.05) is 19.8 Å². The molecule has 0 aromatic carbocycles. The van der Waals surface area contributed by atoms with Gasteiger partial charge in [0.25, 0.3) is 0 Å². The Morgan fingerprint density at radius 1 is 1.28 bits per heavy atom. The Morgan fingerprint density at radius 3 is 2.17 bits per heavy atom. The van der Waals surface area contributed by atoms with Gasteiger partial charge in [0, 0.05) is 13.1 Å². The van der Waals surface area contributed by atoms with Crippen molar-refractivity contribution in [2.24, 2.45) is 11.3 Å². The van der Waals surface area contributed by atoms with Crippen molar-refractivity contribution < 1.29 is 18.0 Å². The van der Waals surface area contributed by atoms with E-state index in [1.165, 1.54) is 4.90 Å². The summed E-state index contributed by atoms with van der Waals surface area (Å²) in [6.45, 7) is 3.08. The van der Waals surface area contributed by atoms with Gasteiger partial charge in [-0.25, -0.2) is 0 Å². The molecule has 0 aromatic heterocycles. The van der Waals surface area contributed by atoms with Gasteiger partial charge < -0.3 is 4.90 Å². The molecule has 2 aliphatic rings. The highest BCUT2D eigenvalue weighted by atomic mass is 19.4. The molecule has 1 amide bonds. The summed E-state index contributed by atoms with van der Waals surface area (Å²) in [5, 5.41) is 0. The maximum absolute atomic E-state index is 13.1. The number of hydrogen-bond donors (Lipinski definition) is 0. The largest absolute Gasteiger partial charge is 0.403 e. The maximum atomic E-state index is 13.1. The molecule has 0 bridgehead atoms. The lowest BCUT2D eigenvalue weighted by Crippen LogP contribution is -2.57. The van der Waals surface area contributed by atoms with E-state index in [1.807, 2.05) is 0 Å². The first-order chi connectivity index (χ1) is 8.40. The molecule has 1 heterocycles. The summed E-state index contributed by atoms with van der Waals surface area (Å²) >= 11 is 0. The van der Waals surface area contributed by atoms with Crippen LogP contribution in [0.4, 0.5) is 13.2 Å². The van der Waals surface area contributed by atoms with Crippen LogP contribution in [0.3, 0.4) is 0 Å². The van der Waals surface area contributed by atoms with Gasteiger partial charge in [0.1, 0.15) is 5.41 Å². The molecule has 0 spiro atoms. The molecule has 0 aromatic rings. The highest BCUT2D eigenvalue weighted by molar-refractivity contribution is 5.84. The van der Waals surface area contributed by atoms with Gasteiger partial charge in [-0.05, 0) is 31.6 Å². The topological polar surface area (TPSA) is 20.3 Å². The molecule has 2 rings (SSSR count). The fourth-order valence-corrected chi connectivity index (χ4v) is 3.00. The van der Waals surface area contributed by atoms with Crippen LogP contribution in [0.2, 0.25) is 0 Å². The number of carbonyl (C=O) groups excluding carboxylic acids is 1. The molecule has 0 unspecified atom stereocenters. The Balaban J connectivity index is 2.03. The van der Waals surface area contributed by atoms with Crippen molar-refractivity contribution in [1.29, 1.82) is 0 Å². The molecule has 0 N–H and O–H groups in total. The second-order valence-electron chi connectivity index (χ2n) is 5.58. The summed E-state index contributed by atoms with van der Waals surface area (Å²) in [5.74, 6) is -0.104. The summed E-state index contributed by atoms with van der Waals surface area (Å²) in [6, 6.07) is 0. The number of amides is 1. The summed E-state index contributed by atoms with van der Waals surface area (Å²) in [7, 11) is 0. The highest BCUT2D eigenvalue weighted by Crippen LogP contribution is 2.54. The van der Waals surface area contributed by atoms with Crippen LogP contribution in [0.25, 0.3) is 0 Å². The molecule has 5 heteroatoms. The lowest BCUT2D eigenvalue weighted by Gasteiger charge is -2.45. The SMILES string of the molecule is CCC1CCN(C(=O)C2(C(F)(F)F)CCC2)CC1. The van der Waals surface area contributed by atoms with Crippen molar-refractivity contribution in [3.8, 4) is 0 Å². The zero-order valence-corrected chi connectivity index (χ0v) is 10.7. The Labute approximate surface area is 106 Å². The third-order valence-corrected chi connectivity index (χ3v) is 4.64. The number of likely N-dealkylation sites (tertiary alicyclic amines) is 1. The van der Waals surface area contributed by atoms with E-state index in [0.29, 0.717) is 25.4 Å². The Morgan fingerprint density at radius 2 is 1.83 bits per heavy atom. The molecule has 104 valence electrons. The van der Waals surface area contributed by atoms with Crippen molar-refractivity contribution in [2.75, 3.05) is 13.1 Å². The standard InChI is InChI=1S/C13H20F3NO/c1-2-10-4-8-17(9-5-10)11(18)12(6-3-7-12)13(14,15)16/h10H,2-9H2,1H3. The smallest absolute Gasteiger partial charge is 0.342 e. The second-order valence-corrected chi connectivity index (χ2v) is 5.58. The van der Waals surface area contributed by atoms with Crippen LogP contribution in [0.15, 0.2) is 0 Å². The van der Waals surface area contributed by atoms with E-state index in [4.69, 9.17) is 0 Å². The maximum Gasteiger partial charge on any atom is 0.403 e. The number of halogens is 3. The number of nitrogens with zero attached hydrogens (tertiary/aromatic N) is 1. The summed E-state index contributed by atoms with van der Waals surface area (Å²) in [5.41, 5.74) is -2.05. The van der Waals surface area contributed by atoms with Crippen LogP contribution < -0.4 is 0 Å². The minimum Gasteiger partial charge on any atom is -0.342 e. The van der Waals surface area contributed by atoms with Gasteiger partial charge in [-0.15, -0.1) is 0 Å². The van der Waals surface area contributed by atoms with Crippen molar-refractivity contribution in [3.05, 3.63) is 0 Å². The van der Waals surface area contributed by atoms with Crippen LogP contribution in [-0.2, 0) is 4.79 Å². The zero-order valence-electron chi connectivity index (χ0n) is 10.7. The number of carbonyl (C=O) groups is 1. The average Bonchev–Trinajstić information content (AvgIpc) is 2.25. The highest BCUT2D eigenvalue weighted by Gasteiger charge is 2.64. The van der Waals surface area contributed by atoms with Gasteiger partial charge >= 0.3 is 6.18 Å². The lowest BCUT2D eigenvalue weighted by molar-refractivity contribution is -0.248. The summed E-state index contributed by atoms with van der Waals surface area (Å²) in [6.07, 6.45) is -1.19. The van der Waals surface area contributed by atoms with E-state index in [-0.39, 0.29) is 12.8 Å². The number of hydrogen-bond acceptors (Lipinski definition) is 1. The van der Waals surface area contributed by atoms with E-state index in [0.717, 1.165) is 19.3 Å². The van der Waals surface area contributed by atoms with Crippen LogP contribution >= 0.6 is 0 Å². The first kappa shape index (κ1) is 13.7. The van der Waals surface area contributed by atoms with Crippen molar-refractivity contribution in [3.63, 3.8) is 0 Å². The van der Waals surface area contributed by atoms with Crippen molar-refractivity contribution >= 4 is 5.91 Å². The van der Waals surface area contributed by atoms with Gasteiger partial charge in [-0.2, -0.15) is 13.2 Å². The third-order valence-electron chi connectivity index (χ3n) is 4.64. The molecule has 1 aliphatic carbocycles. The van der Waals surface area contributed by atoms with E-state index in [9.17, 15) is 18.0 Å². The molecule has 1 saturated heterocycles. The van der Waals surface area contributed by atoms with Crippen LogP contribution in [0.5, 0.6) is 0 Å². The van der Waals surface area contributed by atoms with Crippen LogP contribution in [0, 0.1) is 11.3 Å². The minimum absolute atomic E-state index is 0.0248. The Hall–Kier alpha value is -0.740. The predicted octanol–water partition coefficient (Wildman–Crippen LogP) is 3.37. The van der Waals surface area contributed by atoms with E-state index < -0.39 is 17.5 Å². The first-order valence-corrected chi connectivity index (χ1v) is 6.77. The van der Waals surface area contributed by atoms with E-state index in [1.54, 1.807) is 0 Å². The quantitative estimate of drug-likeness (QED) is 0.748. The average molecular weight is 263 g/mol. The van der Waals surface area contributed by atoms with Crippen molar-refractivity contribution in [1.82, 2.24) is 4.90 Å². The molecule has 1 saturated carbocycles.